The second kappa shape index (κ2) is 7.66. The van der Waals surface area contributed by atoms with Gasteiger partial charge in [0.25, 0.3) is 0 Å². The zero-order chi connectivity index (χ0) is 16.8. The van der Waals surface area contributed by atoms with Crippen LogP contribution in [0.5, 0.6) is 11.8 Å². The van der Waals surface area contributed by atoms with Crippen LogP contribution in [0.15, 0.2) is 12.1 Å². The maximum Gasteiger partial charge on any atom is 0.317 e. The lowest BCUT2D eigenvalue weighted by Crippen LogP contribution is -2.46. The van der Waals surface area contributed by atoms with E-state index >= 15 is 0 Å². The molecule has 1 aromatic rings. The standard InChI is InChI=1S/C15H21N3O5/c1-22-12-6-5-10(13(17-12)23-2)8-16-15(21)18-7-3-4-11(9-18)14(19)20/h5-6,11H,3-4,7-9H2,1-2H3,(H,16,21)(H,19,20). The highest BCUT2D eigenvalue weighted by Crippen LogP contribution is 2.20. The molecule has 1 aliphatic heterocycles. The minimum Gasteiger partial charge on any atom is -0.481 e. The Balaban J connectivity index is 1.95. The molecule has 1 fully saturated rings. The lowest BCUT2D eigenvalue weighted by atomic mass is 9.99. The Bertz CT molecular complexity index is 578. The highest BCUT2D eigenvalue weighted by molar-refractivity contribution is 5.76. The number of piperidine rings is 1. The number of rotatable bonds is 5. The Morgan fingerprint density at radius 3 is 2.83 bits per heavy atom. The van der Waals surface area contributed by atoms with Gasteiger partial charge in [-0.25, -0.2) is 4.79 Å². The van der Waals surface area contributed by atoms with E-state index in [0.717, 1.165) is 0 Å². The minimum absolute atomic E-state index is 0.235. The molecule has 8 heteroatoms. The summed E-state index contributed by atoms with van der Waals surface area (Å²) in [7, 11) is 3.01. The van der Waals surface area contributed by atoms with E-state index in [0.29, 0.717) is 36.7 Å². The van der Waals surface area contributed by atoms with E-state index < -0.39 is 11.9 Å². The maximum absolute atomic E-state index is 12.2. The summed E-state index contributed by atoms with van der Waals surface area (Å²) in [6.07, 6.45) is 1.30. The molecule has 0 bridgehead atoms. The molecule has 8 nitrogen and oxygen atoms in total. The number of aromatic nitrogens is 1. The molecular formula is C15H21N3O5. The first-order chi connectivity index (χ1) is 11.0. The number of pyridine rings is 1. The van der Waals surface area contributed by atoms with E-state index in [-0.39, 0.29) is 19.1 Å². The zero-order valence-electron chi connectivity index (χ0n) is 13.2. The molecular weight excluding hydrogens is 302 g/mol. The number of carboxylic acids is 1. The van der Waals surface area contributed by atoms with Gasteiger partial charge >= 0.3 is 12.0 Å². The predicted octanol–water partition coefficient (Wildman–Crippen LogP) is 1.10. The van der Waals surface area contributed by atoms with Gasteiger partial charge in [0.15, 0.2) is 0 Å². The van der Waals surface area contributed by atoms with Crippen LogP contribution in [0.2, 0.25) is 0 Å². The molecule has 2 rings (SSSR count). The zero-order valence-corrected chi connectivity index (χ0v) is 13.2. The summed E-state index contributed by atoms with van der Waals surface area (Å²) in [5.41, 5.74) is 0.716. The molecule has 0 saturated carbocycles. The van der Waals surface area contributed by atoms with Crippen molar-refractivity contribution in [2.24, 2.45) is 5.92 Å². The number of nitrogens with one attached hydrogen (secondary N) is 1. The average Bonchev–Trinajstić information content (AvgIpc) is 2.59. The number of carbonyl (C=O) groups is 2. The molecule has 2 amide bonds. The van der Waals surface area contributed by atoms with Crippen LogP contribution in [0.1, 0.15) is 18.4 Å². The Labute approximate surface area is 134 Å². The van der Waals surface area contributed by atoms with E-state index in [4.69, 9.17) is 14.6 Å². The van der Waals surface area contributed by atoms with Crippen LogP contribution in [-0.4, -0.2) is 54.3 Å². The summed E-state index contributed by atoms with van der Waals surface area (Å²) in [6.45, 7) is 1.04. The average molecular weight is 323 g/mol. The van der Waals surface area contributed by atoms with Gasteiger partial charge in [0, 0.05) is 31.3 Å². The molecule has 0 spiro atoms. The number of hydrogen-bond donors (Lipinski definition) is 2. The van der Waals surface area contributed by atoms with E-state index in [9.17, 15) is 9.59 Å². The topological polar surface area (TPSA) is 101 Å². The molecule has 1 saturated heterocycles. The molecule has 0 aromatic carbocycles. The van der Waals surface area contributed by atoms with E-state index in [1.807, 2.05) is 0 Å². The van der Waals surface area contributed by atoms with Crippen molar-refractivity contribution in [1.82, 2.24) is 15.2 Å². The number of carbonyl (C=O) groups excluding carboxylic acids is 1. The monoisotopic (exact) mass is 323 g/mol. The third-order valence-corrected chi connectivity index (χ3v) is 3.80. The molecule has 23 heavy (non-hydrogen) atoms. The summed E-state index contributed by atoms with van der Waals surface area (Å²) in [4.78, 5) is 28.9. The van der Waals surface area contributed by atoms with Gasteiger partial charge in [-0.1, -0.05) is 0 Å². The van der Waals surface area contributed by atoms with Crippen molar-refractivity contribution < 1.29 is 24.2 Å². The van der Waals surface area contributed by atoms with Crippen LogP contribution in [0.25, 0.3) is 0 Å². The Hall–Kier alpha value is -2.51. The molecule has 1 aliphatic rings. The van der Waals surface area contributed by atoms with Crippen LogP contribution >= 0.6 is 0 Å². The van der Waals surface area contributed by atoms with Crippen molar-refractivity contribution in [2.75, 3.05) is 27.3 Å². The smallest absolute Gasteiger partial charge is 0.317 e. The van der Waals surface area contributed by atoms with Crippen LogP contribution in [0, 0.1) is 5.92 Å². The molecule has 2 heterocycles. The number of urea groups is 1. The number of methoxy groups -OCH3 is 2. The SMILES string of the molecule is COc1ccc(CNC(=O)N2CCCC(C(=O)O)C2)c(OC)n1. The minimum atomic E-state index is -0.858. The largest absolute Gasteiger partial charge is 0.481 e. The van der Waals surface area contributed by atoms with Gasteiger partial charge < -0.3 is 24.8 Å². The number of ether oxygens (including phenoxy) is 2. The molecule has 0 radical (unpaired) electrons. The molecule has 1 aromatic heterocycles. The molecule has 0 aliphatic carbocycles. The van der Waals surface area contributed by atoms with Crippen LogP contribution < -0.4 is 14.8 Å². The summed E-state index contributed by atoms with van der Waals surface area (Å²) in [5, 5.41) is 11.8. The van der Waals surface area contributed by atoms with Crippen LogP contribution in [0.4, 0.5) is 4.79 Å². The highest BCUT2D eigenvalue weighted by Gasteiger charge is 2.28. The lowest BCUT2D eigenvalue weighted by molar-refractivity contribution is -0.143. The first-order valence-corrected chi connectivity index (χ1v) is 7.38. The first-order valence-electron chi connectivity index (χ1n) is 7.38. The first kappa shape index (κ1) is 16.9. The number of amides is 2. The summed E-state index contributed by atoms with van der Waals surface area (Å²) in [6, 6.07) is 3.17. The fourth-order valence-corrected chi connectivity index (χ4v) is 2.52. The number of likely N-dealkylation sites (tertiary alicyclic amines) is 1. The van der Waals surface area contributed by atoms with E-state index in [1.165, 1.54) is 19.1 Å². The van der Waals surface area contributed by atoms with Crippen LogP contribution in [0.3, 0.4) is 0 Å². The molecule has 126 valence electrons. The Morgan fingerprint density at radius 1 is 1.39 bits per heavy atom. The van der Waals surface area contributed by atoms with Gasteiger partial charge in [-0.15, -0.1) is 0 Å². The van der Waals surface area contributed by atoms with E-state index in [1.54, 1.807) is 12.1 Å². The molecule has 1 unspecified atom stereocenters. The second-order valence-electron chi connectivity index (χ2n) is 5.30. The van der Waals surface area contributed by atoms with E-state index in [2.05, 4.69) is 10.3 Å². The Kier molecular flexibility index (Phi) is 5.61. The summed E-state index contributed by atoms with van der Waals surface area (Å²) < 4.78 is 10.2. The lowest BCUT2D eigenvalue weighted by Gasteiger charge is -2.30. The third kappa shape index (κ3) is 4.24. The fourth-order valence-electron chi connectivity index (χ4n) is 2.52. The van der Waals surface area contributed by atoms with Gasteiger partial charge in [-0.2, -0.15) is 4.98 Å². The predicted molar refractivity (Wildman–Crippen MR) is 81.5 cm³/mol. The number of hydrogen-bond acceptors (Lipinski definition) is 5. The van der Waals surface area contributed by atoms with Crippen molar-refractivity contribution in [1.29, 1.82) is 0 Å². The summed E-state index contributed by atoms with van der Waals surface area (Å²) >= 11 is 0. The van der Waals surface area contributed by atoms with Crippen molar-refractivity contribution in [3.05, 3.63) is 17.7 Å². The van der Waals surface area contributed by atoms with Gasteiger partial charge in [0.1, 0.15) is 0 Å². The van der Waals surface area contributed by atoms with Crippen LogP contribution in [-0.2, 0) is 11.3 Å². The van der Waals surface area contributed by atoms with Crippen molar-refractivity contribution >= 4 is 12.0 Å². The summed E-state index contributed by atoms with van der Waals surface area (Å²) in [5.74, 6) is -0.542. The van der Waals surface area contributed by atoms with Gasteiger partial charge in [0.2, 0.25) is 11.8 Å². The van der Waals surface area contributed by atoms with Gasteiger partial charge in [-0.3, -0.25) is 4.79 Å². The molecule has 1 atom stereocenters. The van der Waals surface area contributed by atoms with Crippen molar-refractivity contribution in [2.45, 2.75) is 19.4 Å². The quantitative estimate of drug-likeness (QED) is 0.841. The molecule has 2 N–H and O–H groups in total. The normalized spacial score (nSPS) is 17.5. The highest BCUT2D eigenvalue weighted by atomic mass is 16.5. The van der Waals surface area contributed by atoms with Crippen molar-refractivity contribution in [3.8, 4) is 11.8 Å². The second-order valence-corrected chi connectivity index (χ2v) is 5.30. The van der Waals surface area contributed by atoms with Gasteiger partial charge in [0.05, 0.1) is 20.1 Å². The Morgan fingerprint density at radius 2 is 2.17 bits per heavy atom. The number of carboxylic acid groups (broad SMARTS) is 1. The van der Waals surface area contributed by atoms with Crippen molar-refractivity contribution in [3.63, 3.8) is 0 Å². The fraction of sp³-hybridized carbons (Fsp3) is 0.533. The number of aliphatic carboxylic acids is 1. The maximum atomic E-state index is 12.2. The third-order valence-electron chi connectivity index (χ3n) is 3.80. The van der Waals surface area contributed by atoms with Gasteiger partial charge in [-0.05, 0) is 18.9 Å². The number of nitrogens with zero attached hydrogens (tertiary/aromatic N) is 2.